The third-order valence-electron chi connectivity index (χ3n) is 1.85. The van der Waals surface area contributed by atoms with E-state index >= 15 is 0 Å². The smallest absolute Gasteiger partial charge is 0.427 e. The molecule has 1 N–H and O–H groups in total. The zero-order valence-electron chi connectivity index (χ0n) is 9.08. The van der Waals surface area contributed by atoms with E-state index < -0.39 is 23.7 Å². The number of nitrogens with zero attached hydrogens (tertiary/aromatic N) is 1. The van der Waals surface area contributed by atoms with Crippen molar-refractivity contribution in [2.45, 2.75) is 6.18 Å². The van der Waals surface area contributed by atoms with Crippen molar-refractivity contribution in [2.75, 3.05) is 7.11 Å². The van der Waals surface area contributed by atoms with Gasteiger partial charge in [0.05, 0.1) is 18.9 Å². The van der Waals surface area contributed by atoms with Crippen LogP contribution in [0.2, 0.25) is 0 Å². The van der Waals surface area contributed by atoms with Crippen LogP contribution in [0, 0.1) is 5.82 Å². The lowest BCUT2D eigenvalue weighted by molar-refractivity contribution is -0.140. The summed E-state index contributed by atoms with van der Waals surface area (Å²) in [6.07, 6.45) is -4.72. The van der Waals surface area contributed by atoms with E-state index in [0.29, 0.717) is 12.1 Å². The molecule has 0 unspecified atom stereocenters. The number of amides is 1. The van der Waals surface area contributed by atoms with Crippen molar-refractivity contribution >= 4 is 12.3 Å². The van der Waals surface area contributed by atoms with E-state index in [4.69, 9.17) is 0 Å². The van der Waals surface area contributed by atoms with Crippen molar-refractivity contribution in [3.8, 4) is 0 Å². The van der Waals surface area contributed by atoms with Crippen LogP contribution in [0.25, 0.3) is 0 Å². The average molecular weight is 264 g/mol. The number of halogens is 4. The monoisotopic (exact) mass is 264 g/mol. The number of benzene rings is 1. The van der Waals surface area contributed by atoms with Crippen molar-refractivity contribution in [1.29, 1.82) is 0 Å². The molecule has 0 aromatic heterocycles. The second kappa shape index (κ2) is 5.48. The van der Waals surface area contributed by atoms with Gasteiger partial charge in [-0.15, -0.1) is 0 Å². The van der Waals surface area contributed by atoms with Crippen LogP contribution >= 0.6 is 0 Å². The molecule has 0 atom stereocenters. The second-order valence-electron chi connectivity index (χ2n) is 3.10. The lowest BCUT2D eigenvalue weighted by Crippen LogP contribution is -2.16. The van der Waals surface area contributed by atoms with Gasteiger partial charge in [0.25, 0.3) is 0 Å². The predicted molar refractivity (Wildman–Crippen MR) is 54.5 cm³/mol. The molecule has 0 saturated carbocycles. The molecule has 0 spiro atoms. The largest absolute Gasteiger partial charge is 0.452 e. The zero-order chi connectivity index (χ0) is 13.8. The minimum Gasteiger partial charge on any atom is -0.452 e. The van der Waals surface area contributed by atoms with Crippen LogP contribution in [0.1, 0.15) is 11.1 Å². The molecule has 98 valence electrons. The van der Waals surface area contributed by atoms with Crippen molar-refractivity contribution in [2.24, 2.45) is 5.10 Å². The van der Waals surface area contributed by atoms with Crippen LogP contribution in [0.15, 0.2) is 23.3 Å². The topological polar surface area (TPSA) is 50.7 Å². The van der Waals surface area contributed by atoms with Gasteiger partial charge in [-0.2, -0.15) is 18.3 Å². The second-order valence-corrected chi connectivity index (χ2v) is 3.10. The maximum Gasteiger partial charge on any atom is 0.427 e. The quantitative estimate of drug-likeness (QED) is 0.507. The molecule has 1 amide bonds. The Labute approximate surface area is 99.2 Å². The Morgan fingerprint density at radius 1 is 1.44 bits per heavy atom. The zero-order valence-corrected chi connectivity index (χ0v) is 9.08. The number of rotatable bonds is 2. The molecule has 0 saturated heterocycles. The molecule has 1 aromatic carbocycles. The van der Waals surface area contributed by atoms with Crippen molar-refractivity contribution in [1.82, 2.24) is 5.43 Å². The summed E-state index contributed by atoms with van der Waals surface area (Å²) in [5.74, 6) is -1.37. The number of hydrogen-bond acceptors (Lipinski definition) is 3. The van der Waals surface area contributed by atoms with E-state index in [1.54, 1.807) is 0 Å². The highest BCUT2D eigenvalue weighted by atomic mass is 19.4. The normalized spacial score (nSPS) is 11.6. The van der Waals surface area contributed by atoms with Gasteiger partial charge in [-0.05, 0) is 17.7 Å². The Morgan fingerprint density at radius 2 is 2.11 bits per heavy atom. The molecular formula is C10H8F4N2O2. The Balaban J connectivity index is 2.89. The summed E-state index contributed by atoms with van der Waals surface area (Å²) in [6, 6.07) is 2.34. The van der Waals surface area contributed by atoms with Gasteiger partial charge in [-0.25, -0.2) is 14.6 Å². The summed E-state index contributed by atoms with van der Waals surface area (Å²) in [7, 11) is 1.10. The first-order valence-electron chi connectivity index (χ1n) is 4.58. The van der Waals surface area contributed by atoms with Gasteiger partial charge in [0.2, 0.25) is 0 Å². The molecule has 0 radical (unpaired) electrons. The van der Waals surface area contributed by atoms with Gasteiger partial charge in [0.15, 0.2) is 0 Å². The summed E-state index contributed by atoms with van der Waals surface area (Å²) >= 11 is 0. The van der Waals surface area contributed by atoms with Crippen molar-refractivity contribution < 1.29 is 27.1 Å². The molecule has 0 aliphatic rings. The molecule has 1 aromatic rings. The highest BCUT2D eigenvalue weighted by Gasteiger charge is 2.34. The number of methoxy groups -OCH3 is 1. The fourth-order valence-electron chi connectivity index (χ4n) is 1.05. The van der Waals surface area contributed by atoms with Crippen LogP contribution in [0.3, 0.4) is 0 Å². The summed E-state index contributed by atoms with van der Waals surface area (Å²) in [5.41, 5.74) is 0.475. The van der Waals surface area contributed by atoms with E-state index in [2.05, 4.69) is 9.84 Å². The van der Waals surface area contributed by atoms with Crippen LogP contribution in [0.5, 0.6) is 0 Å². The van der Waals surface area contributed by atoms with Gasteiger partial charge in [-0.1, -0.05) is 6.07 Å². The number of ether oxygens (including phenoxy) is 1. The Hall–Kier alpha value is -2.12. The summed E-state index contributed by atoms with van der Waals surface area (Å²) in [4.78, 5) is 10.6. The van der Waals surface area contributed by atoms with Gasteiger partial charge in [-0.3, -0.25) is 0 Å². The van der Waals surface area contributed by atoms with E-state index in [1.807, 2.05) is 5.43 Å². The third-order valence-corrected chi connectivity index (χ3v) is 1.85. The van der Waals surface area contributed by atoms with Gasteiger partial charge >= 0.3 is 12.3 Å². The van der Waals surface area contributed by atoms with E-state index in [1.165, 1.54) is 0 Å². The first kappa shape index (κ1) is 13.9. The molecule has 0 bridgehead atoms. The minimum atomic E-state index is -4.79. The van der Waals surface area contributed by atoms with Crippen molar-refractivity contribution in [3.05, 3.63) is 35.1 Å². The Bertz CT molecular complexity index is 471. The third kappa shape index (κ3) is 3.72. The lowest BCUT2D eigenvalue weighted by Gasteiger charge is -2.08. The number of alkyl halides is 3. The highest BCUT2D eigenvalue weighted by molar-refractivity contribution is 5.81. The summed E-state index contributed by atoms with van der Waals surface area (Å²) in [6.45, 7) is 0. The standard InChI is InChI=1S/C10H8F4N2O2/c1-18-9(17)16-15-5-6-2-3-8(11)7(4-6)10(12,13)14/h2-5H,1H3,(H,16,17)/b15-5+. The summed E-state index contributed by atoms with van der Waals surface area (Å²) < 4.78 is 54.2. The van der Waals surface area contributed by atoms with E-state index in [-0.39, 0.29) is 5.56 Å². The number of hydrogen-bond donors (Lipinski definition) is 1. The highest BCUT2D eigenvalue weighted by Crippen LogP contribution is 2.31. The first-order valence-corrected chi connectivity index (χ1v) is 4.58. The number of carbonyl (C=O) groups excluding carboxylic acids is 1. The maximum absolute atomic E-state index is 12.9. The molecule has 18 heavy (non-hydrogen) atoms. The first-order chi connectivity index (χ1) is 8.34. The average Bonchev–Trinajstić information content (AvgIpc) is 2.29. The molecule has 0 fully saturated rings. The van der Waals surface area contributed by atoms with Gasteiger partial charge in [0.1, 0.15) is 5.82 Å². The summed E-state index contributed by atoms with van der Waals surface area (Å²) in [5, 5.41) is 3.33. The van der Waals surface area contributed by atoms with Crippen LogP contribution in [-0.2, 0) is 10.9 Å². The molecule has 1 rings (SSSR count). The SMILES string of the molecule is COC(=O)N/N=C/c1ccc(F)c(C(F)(F)F)c1. The minimum absolute atomic E-state index is 0.0138. The molecule has 0 heterocycles. The fraction of sp³-hybridized carbons (Fsp3) is 0.200. The van der Waals surface area contributed by atoms with Crippen LogP contribution < -0.4 is 5.43 Å². The predicted octanol–water partition coefficient (Wildman–Crippen LogP) is 2.53. The lowest BCUT2D eigenvalue weighted by atomic mass is 10.1. The molecule has 0 aliphatic carbocycles. The molecule has 4 nitrogen and oxygen atoms in total. The number of hydrazone groups is 1. The molecular weight excluding hydrogens is 256 g/mol. The van der Waals surface area contributed by atoms with E-state index in [9.17, 15) is 22.4 Å². The van der Waals surface area contributed by atoms with Crippen molar-refractivity contribution in [3.63, 3.8) is 0 Å². The van der Waals surface area contributed by atoms with Gasteiger partial charge < -0.3 is 4.74 Å². The van der Waals surface area contributed by atoms with Crippen LogP contribution in [-0.4, -0.2) is 19.4 Å². The van der Waals surface area contributed by atoms with Crippen LogP contribution in [0.4, 0.5) is 22.4 Å². The van der Waals surface area contributed by atoms with Gasteiger partial charge in [0, 0.05) is 0 Å². The fourth-order valence-corrected chi connectivity index (χ4v) is 1.05. The molecule has 8 heteroatoms. The Kier molecular flexibility index (Phi) is 4.24. The number of nitrogens with one attached hydrogen (secondary N) is 1. The van der Waals surface area contributed by atoms with E-state index in [0.717, 1.165) is 19.4 Å². The number of carbonyl (C=O) groups is 1. The Morgan fingerprint density at radius 3 is 2.67 bits per heavy atom. The molecule has 0 aliphatic heterocycles. The maximum atomic E-state index is 12.9.